The monoisotopic (exact) mass is 408 g/mol. The van der Waals surface area contributed by atoms with E-state index in [4.69, 9.17) is 8.92 Å². The van der Waals surface area contributed by atoms with Gasteiger partial charge in [-0.1, -0.05) is 0 Å². The van der Waals surface area contributed by atoms with Crippen LogP contribution in [0, 0.1) is 0 Å². The third-order valence-electron chi connectivity index (χ3n) is 4.96. The molecule has 0 radical (unpaired) electrons. The van der Waals surface area contributed by atoms with Crippen LogP contribution in [0.4, 0.5) is 4.79 Å². The molecule has 1 fully saturated rings. The third-order valence-corrected chi connectivity index (χ3v) is 6.32. The predicted molar refractivity (Wildman–Crippen MR) is 95.0 cm³/mol. The first kappa shape index (κ1) is 18.9. The molecular weight excluding hydrogens is 388 g/mol. The van der Waals surface area contributed by atoms with Crippen LogP contribution in [0.25, 0.3) is 0 Å². The number of imide groups is 1. The number of ether oxygens (including phenoxy) is 1. The molecule has 0 aromatic heterocycles. The Morgan fingerprint density at radius 1 is 1.18 bits per heavy atom. The summed E-state index contributed by atoms with van der Waals surface area (Å²) >= 11 is 0. The van der Waals surface area contributed by atoms with Gasteiger partial charge in [-0.3, -0.25) is 19.4 Å². The lowest BCUT2D eigenvalue weighted by molar-refractivity contribution is -0.0714. The number of nitrogens with zero attached hydrogens (tertiary/aromatic N) is 2. The van der Waals surface area contributed by atoms with Crippen molar-refractivity contribution in [3.63, 3.8) is 0 Å². The highest BCUT2D eigenvalue weighted by atomic mass is 32.2. The highest BCUT2D eigenvalue weighted by Crippen LogP contribution is 2.40. The van der Waals surface area contributed by atoms with Crippen molar-refractivity contribution in [2.45, 2.75) is 49.8 Å². The zero-order valence-corrected chi connectivity index (χ0v) is 16.5. The van der Waals surface area contributed by atoms with E-state index in [2.05, 4.69) is 0 Å². The number of benzene rings is 1. The van der Waals surface area contributed by atoms with Crippen molar-refractivity contribution >= 4 is 28.0 Å². The highest BCUT2D eigenvalue weighted by Gasteiger charge is 2.54. The minimum Gasteiger partial charge on any atom is -0.444 e. The third kappa shape index (κ3) is 2.78. The number of carbonyl (C=O) groups excluding carboxylic acids is 3. The van der Waals surface area contributed by atoms with E-state index in [0.717, 1.165) is 11.0 Å². The molecule has 1 atom stereocenters. The first-order chi connectivity index (χ1) is 12.9. The summed E-state index contributed by atoms with van der Waals surface area (Å²) in [5, 5.41) is 0. The maximum atomic E-state index is 12.9. The molecule has 3 aliphatic heterocycles. The van der Waals surface area contributed by atoms with Crippen molar-refractivity contribution in [1.29, 1.82) is 0 Å². The molecule has 3 amide bonds. The summed E-state index contributed by atoms with van der Waals surface area (Å²) in [5.74, 6) is -1.14. The normalized spacial score (nSPS) is 25.8. The van der Waals surface area contributed by atoms with E-state index in [1.807, 2.05) is 0 Å². The van der Waals surface area contributed by atoms with Gasteiger partial charge in [0.1, 0.15) is 5.60 Å². The molecule has 3 bridgehead atoms. The molecule has 3 aliphatic rings. The van der Waals surface area contributed by atoms with Crippen molar-refractivity contribution in [3.8, 4) is 0 Å². The van der Waals surface area contributed by atoms with Crippen LogP contribution in [-0.2, 0) is 19.0 Å². The predicted octanol–water partition coefficient (Wildman–Crippen LogP) is 1.73. The minimum absolute atomic E-state index is 0.0218. The van der Waals surface area contributed by atoms with Gasteiger partial charge in [0.25, 0.3) is 21.9 Å². The molecule has 1 saturated heterocycles. The lowest BCUT2D eigenvalue weighted by Crippen LogP contribution is -2.58. The lowest BCUT2D eigenvalue weighted by Gasteiger charge is -2.39. The number of hydrogen-bond acceptors (Lipinski definition) is 7. The van der Waals surface area contributed by atoms with Crippen LogP contribution in [0.2, 0.25) is 0 Å². The van der Waals surface area contributed by atoms with Crippen LogP contribution in [0.5, 0.6) is 0 Å². The summed E-state index contributed by atoms with van der Waals surface area (Å²) in [6.07, 6.45) is -0.179. The van der Waals surface area contributed by atoms with Crippen LogP contribution in [0.1, 0.15) is 54.3 Å². The second-order valence-corrected chi connectivity index (χ2v) is 9.67. The van der Waals surface area contributed by atoms with E-state index in [-0.39, 0.29) is 35.5 Å². The molecule has 4 rings (SSSR count). The highest BCUT2D eigenvalue weighted by molar-refractivity contribution is 7.86. The fraction of sp³-hybridized carbons (Fsp3) is 0.500. The van der Waals surface area contributed by atoms with E-state index in [1.54, 1.807) is 20.8 Å². The summed E-state index contributed by atoms with van der Waals surface area (Å²) in [6.45, 7) is 4.87. The average molecular weight is 408 g/mol. The van der Waals surface area contributed by atoms with Crippen LogP contribution < -0.4 is 0 Å². The molecule has 0 unspecified atom stereocenters. The van der Waals surface area contributed by atoms with Crippen LogP contribution in [-0.4, -0.2) is 60.5 Å². The molecule has 3 heterocycles. The summed E-state index contributed by atoms with van der Waals surface area (Å²) in [4.78, 5) is 40.1. The Balaban J connectivity index is 1.83. The Morgan fingerprint density at radius 2 is 1.86 bits per heavy atom. The molecule has 1 aromatic carbocycles. The standard InChI is InChI=1S/C18H20N2O7S/c1-17(2,3)26-16(23)20-8-4-7-18(20)10-19-14(21)12-6-5-11(28(24,25)27-18)9-13(12)15(19)22/h5-6,9H,4,7-8,10H2,1-3H3/t18-/m0/s1. The van der Waals surface area contributed by atoms with Gasteiger partial charge in [0.15, 0.2) is 5.72 Å². The average Bonchev–Trinajstić information content (AvgIpc) is 3.08. The maximum absolute atomic E-state index is 12.9. The molecule has 0 aliphatic carbocycles. The number of hydrogen-bond donors (Lipinski definition) is 0. The summed E-state index contributed by atoms with van der Waals surface area (Å²) in [5.41, 5.74) is -2.35. The van der Waals surface area contributed by atoms with Gasteiger partial charge in [-0.05, 0) is 45.4 Å². The van der Waals surface area contributed by atoms with Gasteiger partial charge in [-0.15, -0.1) is 0 Å². The smallest absolute Gasteiger partial charge is 0.412 e. The second-order valence-electron chi connectivity index (χ2n) is 8.12. The van der Waals surface area contributed by atoms with E-state index < -0.39 is 39.4 Å². The Labute approximate surface area is 162 Å². The first-order valence-corrected chi connectivity index (χ1v) is 10.3. The van der Waals surface area contributed by atoms with Crippen LogP contribution in [0.3, 0.4) is 0 Å². The number of likely N-dealkylation sites (tertiary alicyclic amines) is 1. The molecule has 0 N–H and O–H groups in total. The number of rotatable bonds is 0. The molecule has 9 nitrogen and oxygen atoms in total. The zero-order chi connectivity index (χ0) is 20.5. The van der Waals surface area contributed by atoms with Crippen molar-refractivity contribution < 1.29 is 31.7 Å². The topological polar surface area (TPSA) is 110 Å². The number of carbonyl (C=O) groups is 3. The molecule has 150 valence electrons. The minimum atomic E-state index is -4.28. The summed E-state index contributed by atoms with van der Waals surface area (Å²) < 4.78 is 36.7. The van der Waals surface area contributed by atoms with Crippen LogP contribution >= 0.6 is 0 Å². The summed E-state index contributed by atoms with van der Waals surface area (Å²) in [6, 6.07) is 3.69. The summed E-state index contributed by atoms with van der Waals surface area (Å²) in [7, 11) is -4.28. The van der Waals surface area contributed by atoms with E-state index >= 15 is 0 Å². The quantitative estimate of drug-likeness (QED) is 0.475. The van der Waals surface area contributed by atoms with Crippen molar-refractivity contribution in [1.82, 2.24) is 9.80 Å². The Bertz CT molecular complexity index is 1010. The van der Waals surface area contributed by atoms with E-state index in [9.17, 15) is 22.8 Å². The van der Waals surface area contributed by atoms with Gasteiger partial charge in [-0.2, -0.15) is 8.42 Å². The number of amides is 3. The van der Waals surface area contributed by atoms with Gasteiger partial charge in [-0.25, -0.2) is 8.98 Å². The number of fused-ring (bicyclic) bond motifs is 2. The molecule has 1 aromatic rings. The maximum Gasteiger partial charge on any atom is 0.412 e. The Hall–Kier alpha value is -2.46. The zero-order valence-electron chi connectivity index (χ0n) is 15.7. The van der Waals surface area contributed by atoms with E-state index in [1.165, 1.54) is 17.0 Å². The fourth-order valence-electron chi connectivity index (χ4n) is 3.77. The van der Waals surface area contributed by atoms with Gasteiger partial charge < -0.3 is 4.74 Å². The molecular formula is C18H20N2O7S. The molecule has 10 heteroatoms. The molecule has 28 heavy (non-hydrogen) atoms. The first-order valence-electron chi connectivity index (χ1n) is 8.90. The Kier molecular flexibility index (Phi) is 3.89. The fourth-order valence-corrected chi connectivity index (χ4v) is 5.00. The Morgan fingerprint density at radius 3 is 2.54 bits per heavy atom. The van der Waals surface area contributed by atoms with Gasteiger partial charge >= 0.3 is 6.09 Å². The van der Waals surface area contributed by atoms with Crippen molar-refractivity contribution in [2.24, 2.45) is 0 Å². The molecule has 0 saturated carbocycles. The van der Waals surface area contributed by atoms with Gasteiger partial charge in [0.2, 0.25) is 0 Å². The van der Waals surface area contributed by atoms with Crippen LogP contribution in [0.15, 0.2) is 23.1 Å². The van der Waals surface area contributed by atoms with Gasteiger partial charge in [0, 0.05) is 13.0 Å². The van der Waals surface area contributed by atoms with E-state index in [0.29, 0.717) is 6.42 Å². The van der Waals surface area contributed by atoms with Crippen molar-refractivity contribution in [2.75, 3.05) is 13.1 Å². The lowest BCUT2D eigenvalue weighted by atomic mass is 10.1. The molecule has 1 spiro atoms. The second kappa shape index (κ2) is 5.77. The van der Waals surface area contributed by atoms with Crippen molar-refractivity contribution in [3.05, 3.63) is 29.3 Å². The van der Waals surface area contributed by atoms with Gasteiger partial charge in [0.05, 0.1) is 22.6 Å². The largest absolute Gasteiger partial charge is 0.444 e. The SMILES string of the molecule is CC(C)(C)OC(=O)N1CCC[C@]12CN1C(=O)c3ccc(cc3C1=O)S(=O)(=O)O2.